The molecule has 0 aliphatic carbocycles. The van der Waals surface area contributed by atoms with Gasteiger partial charge in [0.2, 0.25) is 6.54 Å². The van der Waals surface area contributed by atoms with Gasteiger partial charge < -0.3 is 4.85 Å². The first-order chi connectivity index (χ1) is 5.74. The molecular formula is C9H7BrFN. The number of benzene rings is 1. The SMILES string of the molecule is [C-]#[N+]CCc1cc(Br)ccc1F. The second-order valence-electron chi connectivity index (χ2n) is 2.37. The summed E-state index contributed by atoms with van der Waals surface area (Å²) in [6.45, 7) is 6.91. The molecule has 1 aromatic rings. The molecule has 0 saturated carbocycles. The molecule has 0 bridgehead atoms. The number of hydrogen-bond acceptors (Lipinski definition) is 0. The Kier molecular flexibility index (Phi) is 3.24. The molecule has 0 atom stereocenters. The summed E-state index contributed by atoms with van der Waals surface area (Å²) in [5, 5.41) is 0. The standard InChI is InChI=1S/C9H7BrFN/c1-12-5-4-7-6-8(10)2-3-9(7)11/h2-3,6H,4-5H2. The molecule has 0 heterocycles. The van der Waals surface area contributed by atoms with Crippen LogP contribution in [-0.2, 0) is 6.42 Å². The minimum atomic E-state index is -0.234. The van der Waals surface area contributed by atoms with Gasteiger partial charge in [0.25, 0.3) is 0 Å². The zero-order chi connectivity index (χ0) is 8.97. The summed E-state index contributed by atoms with van der Waals surface area (Å²) in [6, 6.07) is 4.76. The third-order valence-corrected chi connectivity index (χ3v) is 1.99. The highest BCUT2D eigenvalue weighted by Crippen LogP contribution is 2.15. The topological polar surface area (TPSA) is 4.36 Å². The molecule has 0 aliphatic heterocycles. The Morgan fingerprint density at radius 1 is 1.50 bits per heavy atom. The first kappa shape index (κ1) is 9.21. The number of hydrogen-bond donors (Lipinski definition) is 0. The molecule has 0 unspecified atom stereocenters. The van der Waals surface area contributed by atoms with E-state index in [1.807, 2.05) is 0 Å². The van der Waals surface area contributed by atoms with Crippen molar-refractivity contribution in [1.29, 1.82) is 0 Å². The van der Waals surface area contributed by atoms with Gasteiger partial charge in [0.15, 0.2) is 0 Å². The van der Waals surface area contributed by atoms with Crippen molar-refractivity contribution in [1.82, 2.24) is 0 Å². The smallest absolute Gasteiger partial charge is 0.218 e. The largest absolute Gasteiger partial charge is 0.317 e. The van der Waals surface area contributed by atoms with Crippen LogP contribution >= 0.6 is 15.9 Å². The van der Waals surface area contributed by atoms with Gasteiger partial charge in [-0.15, -0.1) is 0 Å². The molecule has 0 aliphatic rings. The maximum atomic E-state index is 13.0. The van der Waals surface area contributed by atoms with Crippen molar-refractivity contribution in [2.45, 2.75) is 6.42 Å². The highest BCUT2D eigenvalue weighted by molar-refractivity contribution is 9.10. The van der Waals surface area contributed by atoms with Crippen LogP contribution in [0.1, 0.15) is 5.56 Å². The van der Waals surface area contributed by atoms with E-state index in [9.17, 15) is 4.39 Å². The van der Waals surface area contributed by atoms with Gasteiger partial charge in [-0.3, -0.25) is 0 Å². The zero-order valence-electron chi connectivity index (χ0n) is 6.35. The van der Waals surface area contributed by atoms with Gasteiger partial charge in [0.05, 0.1) is 0 Å². The predicted molar refractivity (Wildman–Crippen MR) is 49.3 cm³/mol. The minimum Gasteiger partial charge on any atom is -0.317 e. The van der Waals surface area contributed by atoms with Crippen LogP contribution in [0.15, 0.2) is 22.7 Å². The molecule has 0 spiro atoms. The fraction of sp³-hybridized carbons (Fsp3) is 0.222. The summed E-state index contributed by atoms with van der Waals surface area (Å²) in [6.07, 6.45) is 0.481. The van der Waals surface area contributed by atoms with Gasteiger partial charge in [0, 0.05) is 10.9 Å². The molecule has 1 rings (SSSR count). The lowest BCUT2D eigenvalue weighted by molar-refractivity contribution is 0.611. The van der Waals surface area contributed by atoms with E-state index >= 15 is 0 Å². The molecule has 12 heavy (non-hydrogen) atoms. The summed E-state index contributed by atoms with van der Waals surface area (Å²) in [7, 11) is 0. The fourth-order valence-corrected chi connectivity index (χ4v) is 1.32. The molecular weight excluding hydrogens is 221 g/mol. The second kappa shape index (κ2) is 4.22. The van der Waals surface area contributed by atoms with E-state index in [1.165, 1.54) is 6.07 Å². The Morgan fingerprint density at radius 2 is 2.25 bits per heavy atom. The zero-order valence-corrected chi connectivity index (χ0v) is 7.94. The van der Waals surface area contributed by atoms with Crippen LogP contribution in [0.25, 0.3) is 4.85 Å². The molecule has 3 heteroatoms. The van der Waals surface area contributed by atoms with E-state index in [4.69, 9.17) is 6.57 Å². The van der Waals surface area contributed by atoms with Crippen LogP contribution in [0.4, 0.5) is 4.39 Å². The van der Waals surface area contributed by atoms with Gasteiger partial charge in [-0.2, -0.15) is 0 Å². The minimum absolute atomic E-state index is 0.234. The summed E-state index contributed by atoms with van der Waals surface area (Å²) in [5.41, 5.74) is 0.598. The number of halogens is 2. The van der Waals surface area contributed by atoms with E-state index in [1.54, 1.807) is 12.1 Å². The van der Waals surface area contributed by atoms with Crippen LogP contribution in [0, 0.1) is 12.4 Å². The fourth-order valence-electron chi connectivity index (χ4n) is 0.911. The first-order valence-electron chi connectivity index (χ1n) is 3.51. The van der Waals surface area contributed by atoms with E-state index in [0.29, 0.717) is 18.5 Å². The lowest BCUT2D eigenvalue weighted by Gasteiger charge is -1.98. The molecule has 0 saturated heterocycles. The molecule has 0 N–H and O–H groups in total. The third kappa shape index (κ3) is 2.31. The molecule has 62 valence electrons. The van der Waals surface area contributed by atoms with Crippen LogP contribution in [-0.4, -0.2) is 6.54 Å². The van der Waals surface area contributed by atoms with Gasteiger partial charge in [0.1, 0.15) is 5.82 Å². The second-order valence-corrected chi connectivity index (χ2v) is 3.28. The van der Waals surface area contributed by atoms with E-state index in [0.717, 1.165) is 4.47 Å². The monoisotopic (exact) mass is 227 g/mol. The van der Waals surface area contributed by atoms with E-state index in [-0.39, 0.29) is 5.82 Å². The molecule has 0 aromatic heterocycles. The number of nitrogens with zero attached hydrogens (tertiary/aromatic N) is 1. The predicted octanol–water partition coefficient (Wildman–Crippen LogP) is 3.05. The van der Waals surface area contributed by atoms with Crippen LogP contribution in [0.5, 0.6) is 0 Å². The maximum Gasteiger partial charge on any atom is 0.218 e. The van der Waals surface area contributed by atoms with Crippen molar-refractivity contribution in [3.05, 3.63) is 45.5 Å². The van der Waals surface area contributed by atoms with Crippen molar-refractivity contribution >= 4 is 15.9 Å². The molecule has 0 radical (unpaired) electrons. The lowest BCUT2D eigenvalue weighted by Crippen LogP contribution is -1.92. The average molecular weight is 228 g/mol. The van der Waals surface area contributed by atoms with Crippen LogP contribution in [0.2, 0.25) is 0 Å². The molecule has 0 fully saturated rings. The summed E-state index contributed by atoms with van der Waals surface area (Å²) in [5.74, 6) is -0.234. The summed E-state index contributed by atoms with van der Waals surface area (Å²) < 4.78 is 13.8. The first-order valence-corrected chi connectivity index (χ1v) is 4.30. The highest BCUT2D eigenvalue weighted by Gasteiger charge is 2.02. The Balaban J connectivity index is 2.84. The quantitative estimate of drug-likeness (QED) is 0.685. The Morgan fingerprint density at radius 3 is 2.92 bits per heavy atom. The molecule has 0 amide bonds. The molecule has 1 nitrogen and oxygen atoms in total. The normalized spacial score (nSPS) is 9.42. The van der Waals surface area contributed by atoms with Gasteiger partial charge in [-0.25, -0.2) is 11.0 Å². The van der Waals surface area contributed by atoms with Crippen molar-refractivity contribution in [3.8, 4) is 0 Å². The van der Waals surface area contributed by atoms with Crippen LogP contribution < -0.4 is 0 Å². The third-order valence-electron chi connectivity index (χ3n) is 1.50. The number of rotatable bonds is 2. The van der Waals surface area contributed by atoms with E-state index in [2.05, 4.69) is 20.8 Å². The highest BCUT2D eigenvalue weighted by atomic mass is 79.9. The summed E-state index contributed by atoms with van der Waals surface area (Å²) in [4.78, 5) is 3.17. The van der Waals surface area contributed by atoms with Crippen LogP contribution in [0.3, 0.4) is 0 Å². The van der Waals surface area contributed by atoms with E-state index < -0.39 is 0 Å². The Bertz CT molecular complexity index is 317. The van der Waals surface area contributed by atoms with Crippen molar-refractivity contribution in [3.63, 3.8) is 0 Å². The van der Waals surface area contributed by atoms with Crippen molar-refractivity contribution in [2.75, 3.05) is 6.54 Å². The molecule has 1 aromatic carbocycles. The Hall–Kier alpha value is -0.880. The summed E-state index contributed by atoms with van der Waals surface area (Å²) >= 11 is 3.24. The average Bonchev–Trinajstić information content (AvgIpc) is 2.07. The van der Waals surface area contributed by atoms with Crippen molar-refractivity contribution in [2.24, 2.45) is 0 Å². The Labute approximate surface area is 79.2 Å². The maximum absolute atomic E-state index is 13.0. The lowest BCUT2D eigenvalue weighted by atomic mass is 10.1. The van der Waals surface area contributed by atoms with Gasteiger partial charge >= 0.3 is 0 Å². The van der Waals surface area contributed by atoms with Gasteiger partial charge in [-0.05, 0) is 23.8 Å². The van der Waals surface area contributed by atoms with Gasteiger partial charge in [-0.1, -0.05) is 15.9 Å². The van der Waals surface area contributed by atoms with Crippen molar-refractivity contribution < 1.29 is 4.39 Å².